The van der Waals surface area contributed by atoms with Gasteiger partial charge in [0.05, 0.1) is 0 Å². The van der Waals surface area contributed by atoms with Crippen LogP contribution in [0.3, 0.4) is 0 Å². The van der Waals surface area contributed by atoms with Crippen molar-refractivity contribution in [3.8, 4) is 0 Å². The van der Waals surface area contributed by atoms with Crippen molar-refractivity contribution >= 4 is 11.9 Å². The van der Waals surface area contributed by atoms with Gasteiger partial charge in [-0.2, -0.15) is 0 Å². The minimum Gasteiger partial charge on any atom is -0.352 e. The largest absolute Gasteiger partial charge is 0.352 e. The summed E-state index contributed by atoms with van der Waals surface area (Å²) >= 11 is 0. The Morgan fingerprint density at radius 3 is 2.18 bits per heavy atom. The van der Waals surface area contributed by atoms with E-state index in [9.17, 15) is 14.0 Å². The Hall–Kier alpha value is -2.89. The second-order valence-electron chi connectivity index (χ2n) is 7.45. The molecule has 0 heterocycles. The van der Waals surface area contributed by atoms with Crippen molar-refractivity contribution in [2.45, 2.75) is 44.1 Å². The molecule has 0 bridgehead atoms. The lowest BCUT2D eigenvalue weighted by molar-refractivity contribution is 0.0936. The van der Waals surface area contributed by atoms with E-state index in [2.05, 4.69) is 10.6 Å². The molecule has 2 aromatic carbocycles. The predicted octanol–water partition coefficient (Wildman–Crippen LogP) is 3.63. The molecule has 3 amide bonds. The summed E-state index contributed by atoms with van der Waals surface area (Å²) in [7, 11) is 0. The van der Waals surface area contributed by atoms with Gasteiger partial charge in [-0.15, -0.1) is 0 Å². The van der Waals surface area contributed by atoms with Crippen LogP contribution in [0.4, 0.5) is 9.18 Å². The zero-order chi connectivity index (χ0) is 20.0. The number of nitrogens with two attached hydrogens (primary N) is 1. The zero-order valence-corrected chi connectivity index (χ0v) is 15.8. The molecule has 5 nitrogen and oxygen atoms in total. The van der Waals surface area contributed by atoms with Gasteiger partial charge >= 0.3 is 6.03 Å². The van der Waals surface area contributed by atoms with Crippen molar-refractivity contribution in [2.75, 3.05) is 6.54 Å². The van der Waals surface area contributed by atoms with Gasteiger partial charge in [0.15, 0.2) is 0 Å². The molecule has 6 heteroatoms. The van der Waals surface area contributed by atoms with Crippen LogP contribution in [0.25, 0.3) is 0 Å². The summed E-state index contributed by atoms with van der Waals surface area (Å²) in [6.45, 7) is 0.855. The van der Waals surface area contributed by atoms with Crippen molar-refractivity contribution in [3.63, 3.8) is 0 Å². The Labute approximate surface area is 164 Å². The smallest absolute Gasteiger partial charge is 0.312 e. The van der Waals surface area contributed by atoms with Crippen molar-refractivity contribution in [2.24, 2.45) is 5.73 Å². The molecular formula is C22H26FN3O2. The number of nitrogens with one attached hydrogen (secondary N) is 2. The molecule has 3 rings (SSSR count). The monoisotopic (exact) mass is 383 g/mol. The normalized spacial score (nSPS) is 15.6. The van der Waals surface area contributed by atoms with E-state index >= 15 is 0 Å². The fraction of sp³-hybridized carbons (Fsp3) is 0.364. The molecule has 1 fully saturated rings. The number of carbonyl (C=O) groups is 2. The quantitative estimate of drug-likeness (QED) is 0.712. The fourth-order valence-electron chi connectivity index (χ4n) is 3.91. The lowest BCUT2D eigenvalue weighted by atomic mass is 9.69. The molecule has 0 aliphatic heterocycles. The van der Waals surface area contributed by atoms with Crippen molar-refractivity contribution in [1.82, 2.24) is 10.6 Å². The van der Waals surface area contributed by atoms with E-state index < -0.39 is 6.03 Å². The Balaban J connectivity index is 1.66. The van der Waals surface area contributed by atoms with Gasteiger partial charge in [-0.05, 0) is 48.2 Å². The van der Waals surface area contributed by atoms with Crippen LogP contribution in [0.1, 0.15) is 53.6 Å². The highest BCUT2D eigenvalue weighted by Gasteiger charge is 2.34. The maximum Gasteiger partial charge on any atom is 0.312 e. The van der Waals surface area contributed by atoms with Crippen LogP contribution in [0.2, 0.25) is 0 Å². The lowest BCUT2D eigenvalue weighted by Crippen LogP contribution is -2.42. The van der Waals surface area contributed by atoms with E-state index in [-0.39, 0.29) is 17.1 Å². The molecular weight excluding hydrogens is 357 g/mol. The summed E-state index contributed by atoms with van der Waals surface area (Å²) in [5.74, 6) is -0.383. The molecule has 1 saturated carbocycles. The molecule has 4 N–H and O–H groups in total. The predicted molar refractivity (Wildman–Crippen MR) is 106 cm³/mol. The van der Waals surface area contributed by atoms with Crippen LogP contribution in [-0.4, -0.2) is 18.5 Å². The standard InChI is InChI=1S/C22H26FN3O2/c23-19-10-8-18(9-11-19)22(12-2-1-3-13-22)15-26-20(27)17-6-4-16(5-7-17)14-25-21(24)28/h4-11H,1-3,12-15H2,(H,26,27)(H3,24,25,28). The molecule has 28 heavy (non-hydrogen) atoms. The molecule has 0 aromatic heterocycles. The second kappa shape index (κ2) is 8.87. The number of halogens is 1. The van der Waals surface area contributed by atoms with Gasteiger partial charge in [-0.25, -0.2) is 9.18 Å². The van der Waals surface area contributed by atoms with Gasteiger partial charge in [0.1, 0.15) is 5.82 Å². The summed E-state index contributed by atoms with van der Waals surface area (Å²) in [4.78, 5) is 23.4. The topological polar surface area (TPSA) is 84.2 Å². The molecule has 148 valence electrons. The van der Waals surface area contributed by atoms with E-state index in [4.69, 9.17) is 5.73 Å². The minimum absolute atomic E-state index is 0.138. The first-order chi connectivity index (χ1) is 13.5. The Bertz CT molecular complexity index is 813. The van der Waals surface area contributed by atoms with Crippen LogP contribution in [0.5, 0.6) is 0 Å². The average molecular weight is 383 g/mol. The Kier molecular flexibility index (Phi) is 6.29. The van der Waals surface area contributed by atoms with Gasteiger partial charge in [0.2, 0.25) is 0 Å². The molecule has 1 aliphatic rings. The van der Waals surface area contributed by atoms with Gasteiger partial charge in [0, 0.05) is 24.1 Å². The van der Waals surface area contributed by atoms with Gasteiger partial charge in [-0.1, -0.05) is 43.5 Å². The van der Waals surface area contributed by atoms with E-state index in [1.165, 1.54) is 18.6 Å². The third-order valence-corrected chi connectivity index (χ3v) is 5.54. The van der Waals surface area contributed by atoms with Crippen molar-refractivity contribution in [3.05, 3.63) is 71.0 Å². The highest BCUT2D eigenvalue weighted by molar-refractivity contribution is 5.94. The molecule has 0 unspecified atom stereocenters. The molecule has 0 spiro atoms. The lowest BCUT2D eigenvalue weighted by Gasteiger charge is -2.38. The van der Waals surface area contributed by atoms with Crippen molar-refractivity contribution < 1.29 is 14.0 Å². The number of carbonyl (C=O) groups excluding carboxylic acids is 2. The Morgan fingerprint density at radius 1 is 0.929 bits per heavy atom. The van der Waals surface area contributed by atoms with E-state index in [0.29, 0.717) is 18.7 Å². The number of hydrogen-bond donors (Lipinski definition) is 3. The number of benzene rings is 2. The maximum atomic E-state index is 13.3. The highest BCUT2D eigenvalue weighted by atomic mass is 19.1. The summed E-state index contributed by atoms with van der Waals surface area (Å²) in [5.41, 5.74) is 7.43. The third-order valence-electron chi connectivity index (χ3n) is 5.54. The van der Waals surface area contributed by atoms with Gasteiger partial charge in [-0.3, -0.25) is 4.79 Å². The number of urea groups is 1. The van der Waals surface area contributed by atoms with E-state index in [0.717, 1.165) is 36.8 Å². The summed E-state index contributed by atoms with van der Waals surface area (Å²) in [5, 5.41) is 5.59. The third kappa shape index (κ3) is 4.88. The summed E-state index contributed by atoms with van der Waals surface area (Å²) < 4.78 is 13.3. The van der Waals surface area contributed by atoms with Crippen LogP contribution >= 0.6 is 0 Å². The van der Waals surface area contributed by atoms with Crippen LogP contribution in [-0.2, 0) is 12.0 Å². The molecule has 2 aromatic rings. The maximum absolute atomic E-state index is 13.3. The van der Waals surface area contributed by atoms with E-state index in [1.807, 2.05) is 12.1 Å². The van der Waals surface area contributed by atoms with Crippen LogP contribution in [0.15, 0.2) is 48.5 Å². The molecule has 0 radical (unpaired) electrons. The summed E-state index contributed by atoms with van der Waals surface area (Å²) in [6, 6.07) is 13.1. The summed E-state index contributed by atoms with van der Waals surface area (Å²) in [6.07, 6.45) is 5.37. The van der Waals surface area contributed by atoms with Gasteiger partial charge < -0.3 is 16.4 Å². The van der Waals surface area contributed by atoms with Gasteiger partial charge in [0.25, 0.3) is 5.91 Å². The number of rotatable bonds is 6. The van der Waals surface area contributed by atoms with Crippen molar-refractivity contribution in [1.29, 1.82) is 0 Å². The molecule has 1 aliphatic carbocycles. The van der Waals surface area contributed by atoms with Crippen LogP contribution < -0.4 is 16.4 Å². The second-order valence-corrected chi connectivity index (χ2v) is 7.45. The highest BCUT2D eigenvalue weighted by Crippen LogP contribution is 2.39. The molecule has 0 saturated heterocycles. The zero-order valence-electron chi connectivity index (χ0n) is 15.8. The minimum atomic E-state index is -0.583. The van der Waals surface area contributed by atoms with Crippen LogP contribution in [0, 0.1) is 5.82 Å². The first-order valence-corrected chi connectivity index (χ1v) is 9.65. The average Bonchev–Trinajstić information content (AvgIpc) is 2.72. The fourth-order valence-corrected chi connectivity index (χ4v) is 3.91. The molecule has 0 atom stereocenters. The SMILES string of the molecule is NC(=O)NCc1ccc(C(=O)NCC2(c3ccc(F)cc3)CCCCC2)cc1. The number of amides is 3. The first kappa shape index (κ1) is 19.9. The Morgan fingerprint density at radius 2 is 1.57 bits per heavy atom. The number of primary amides is 1. The van der Waals surface area contributed by atoms with E-state index in [1.54, 1.807) is 24.3 Å². The first-order valence-electron chi connectivity index (χ1n) is 9.65. The number of hydrogen-bond acceptors (Lipinski definition) is 2.